The van der Waals surface area contributed by atoms with E-state index in [0.717, 1.165) is 22.8 Å². The molecule has 1 heterocycles. The SMILES string of the molecule is C=Cc1c(/C(=C\C)c2ccc(-c3ccc(N(c4ccccc4)c4cccc(-c5ccccc5)c4)cc3)cc2)c2cc3ccccc3cc2n1C. The van der Waals surface area contributed by atoms with Crippen molar-refractivity contribution in [3.05, 3.63) is 199 Å². The Labute approximate surface area is 294 Å². The summed E-state index contributed by atoms with van der Waals surface area (Å²) >= 11 is 0. The van der Waals surface area contributed by atoms with E-state index in [1.165, 1.54) is 60.6 Å². The smallest absolute Gasteiger partial charge is 0.0495 e. The summed E-state index contributed by atoms with van der Waals surface area (Å²) in [6.45, 7) is 6.33. The maximum absolute atomic E-state index is 4.21. The van der Waals surface area contributed by atoms with Crippen molar-refractivity contribution in [1.29, 1.82) is 0 Å². The predicted molar refractivity (Wildman–Crippen MR) is 215 cm³/mol. The molecule has 7 aromatic carbocycles. The quantitative estimate of drug-likeness (QED) is 0.160. The number of fused-ring (bicyclic) bond motifs is 2. The largest absolute Gasteiger partial charge is 0.344 e. The van der Waals surface area contributed by atoms with Crippen molar-refractivity contribution in [2.75, 3.05) is 4.90 Å². The van der Waals surface area contributed by atoms with Crippen molar-refractivity contribution >= 4 is 50.4 Å². The van der Waals surface area contributed by atoms with Crippen molar-refractivity contribution in [3.8, 4) is 22.3 Å². The molecule has 0 bridgehead atoms. The standard InChI is InChI=1S/C48H38N2/c1-4-44(48-45-32-39-17-12-13-18-40(39)33-47(45)49(3)46(48)5-2)37-25-23-35(24-26-37)36-27-29-42(30-28-36)50(41-20-10-7-11-21-41)43-22-14-19-38(31-43)34-15-8-6-9-16-34/h4-33H,2H2,1,3H3/b44-4-. The number of aryl methyl sites for hydroxylation is 1. The molecule has 0 saturated heterocycles. The highest BCUT2D eigenvalue weighted by Crippen LogP contribution is 2.40. The average molecular weight is 643 g/mol. The van der Waals surface area contributed by atoms with E-state index in [4.69, 9.17) is 0 Å². The molecule has 0 aliphatic rings. The van der Waals surface area contributed by atoms with Crippen LogP contribution in [0.15, 0.2) is 183 Å². The van der Waals surface area contributed by atoms with E-state index in [1.807, 2.05) is 6.08 Å². The number of hydrogen-bond acceptors (Lipinski definition) is 1. The molecule has 2 heteroatoms. The minimum absolute atomic E-state index is 1.11. The summed E-state index contributed by atoms with van der Waals surface area (Å²) in [6, 6.07) is 61.0. The molecule has 0 unspecified atom stereocenters. The third kappa shape index (κ3) is 5.61. The lowest BCUT2D eigenvalue weighted by molar-refractivity contribution is 0.953. The Morgan fingerprint density at radius 1 is 0.540 bits per heavy atom. The average Bonchev–Trinajstić information content (AvgIpc) is 3.45. The highest BCUT2D eigenvalue weighted by atomic mass is 15.1. The van der Waals surface area contributed by atoms with Crippen LogP contribution in [0.5, 0.6) is 0 Å². The summed E-state index contributed by atoms with van der Waals surface area (Å²) in [6.07, 6.45) is 4.21. The van der Waals surface area contributed by atoms with Crippen molar-refractivity contribution in [1.82, 2.24) is 4.57 Å². The van der Waals surface area contributed by atoms with Gasteiger partial charge in [0.1, 0.15) is 0 Å². The number of anilines is 3. The van der Waals surface area contributed by atoms with Crippen LogP contribution in [-0.2, 0) is 7.05 Å². The second-order valence-electron chi connectivity index (χ2n) is 12.7. The highest BCUT2D eigenvalue weighted by molar-refractivity contribution is 6.06. The summed E-state index contributed by atoms with van der Waals surface area (Å²) in [5, 5.41) is 3.73. The van der Waals surface area contributed by atoms with E-state index in [0.29, 0.717) is 0 Å². The molecule has 8 aromatic rings. The first kappa shape index (κ1) is 30.9. The van der Waals surface area contributed by atoms with Crippen LogP contribution in [0.4, 0.5) is 17.1 Å². The Hall–Kier alpha value is -6.38. The molecule has 0 N–H and O–H groups in total. The first-order chi connectivity index (χ1) is 24.6. The molecular weight excluding hydrogens is 605 g/mol. The summed E-state index contributed by atoms with van der Waals surface area (Å²) < 4.78 is 2.26. The van der Waals surface area contributed by atoms with Gasteiger partial charge in [0.2, 0.25) is 0 Å². The van der Waals surface area contributed by atoms with Crippen LogP contribution in [0.2, 0.25) is 0 Å². The van der Waals surface area contributed by atoms with Gasteiger partial charge in [-0.1, -0.05) is 134 Å². The summed E-state index contributed by atoms with van der Waals surface area (Å²) in [4.78, 5) is 2.32. The van der Waals surface area contributed by atoms with Gasteiger partial charge in [0.05, 0.1) is 0 Å². The molecule has 0 saturated carbocycles. The van der Waals surface area contributed by atoms with Crippen molar-refractivity contribution < 1.29 is 0 Å². The van der Waals surface area contributed by atoms with E-state index in [9.17, 15) is 0 Å². The van der Waals surface area contributed by atoms with Crippen LogP contribution >= 0.6 is 0 Å². The number of para-hydroxylation sites is 1. The Morgan fingerprint density at radius 3 is 1.74 bits per heavy atom. The number of allylic oxidation sites excluding steroid dienone is 1. The van der Waals surface area contributed by atoms with Gasteiger partial charge in [-0.05, 0) is 106 Å². The van der Waals surface area contributed by atoms with Gasteiger partial charge >= 0.3 is 0 Å². The van der Waals surface area contributed by atoms with Crippen LogP contribution in [0, 0.1) is 0 Å². The topological polar surface area (TPSA) is 8.17 Å². The fourth-order valence-electron chi connectivity index (χ4n) is 7.24. The van der Waals surface area contributed by atoms with Gasteiger partial charge in [-0.15, -0.1) is 0 Å². The number of nitrogens with zero attached hydrogens (tertiary/aromatic N) is 2. The summed E-state index contributed by atoms with van der Waals surface area (Å²) in [5.74, 6) is 0. The Bertz CT molecular complexity index is 2480. The van der Waals surface area contributed by atoms with E-state index in [1.54, 1.807) is 0 Å². The van der Waals surface area contributed by atoms with Gasteiger partial charge in [0, 0.05) is 46.3 Å². The molecule has 0 aliphatic carbocycles. The first-order valence-corrected chi connectivity index (χ1v) is 17.1. The molecule has 0 aliphatic heterocycles. The van der Waals surface area contributed by atoms with E-state index in [-0.39, 0.29) is 0 Å². The molecule has 0 atom stereocenters. The fraction of sp³-hybridized carbons (Fsp3) is 0.0417. The second-order valence-corrected chi connectivity index (χ2v) is 12.7. The fourth-order valence-corrected chi connectivity index (χ4v) is 7.24. The highest BCUT2D eigenvalue weighted by Gasteiger charge is 2.19. The lowest BCUT2D eigenvalue weighted by Crippen LogP contribution is -2.09. The van der Waals surface area contributed by atoms with E-state index < -0.39 is 0 Å². The molecule has 240 valence electrons. The molecule has 0 radical (unpaired) electrons. The van der Waals surface area contributed by atoms with Gasteiger partial charge in [-0.3, -0.25) is 0 Å². The molecule has 1 aromatic heterocycles. The Kier molecular flexibility index (Phi) is 8.20. The second kappa shape index (κ2) is 13.3. The molecule has 0 amide bonds. The van der Waals surface area contributed by atoms with Gasteiger partial charge in [0.25, 0.3) is 0 Å². The van der Waals surface area contributed by atoms with Gasteiger partial charge in [0.15, 0.2) is 0 Å². The third-order valence-electron chi connectivity index (χ3n) is 9.74. The number of rotatable bonds is 8. The maximum Gasteiger partial charge on any atom is 0.0495 e. The zero-order valence-corrected chi connectivity index (χ0v) is 28.4. The van der Waals surface area contributed by atoms with Crippen LogP contribution in [-0.4, -0.2) is 4.57 Å². The number of aromatic nitrogens is 1. The zero-order valence-electron chi connectivity index (χ0n) is 28.4. The Morgan fingerprint density at radius 2 is 1.08 bits per heavy atom. The lowest BCUT2D eigenvalue weighted by Gasteiger charge is -2.26. The normalized spacial score (nSPS) is 11.6. The summed E-state index contributed by atoms with van der Waals surface area (Å²) in [7, 11) is 2.14. The van der Waals surface area contributed by atoms with Crippen LogP contribution < -0.4 is 4.90 Å². The monoisotopic (exact) mass is 642 g/mol. The van der Waals surface area contributed by atoms with Crippen molar-refractivity contribution in [2.45, 2.75) is 6.92 Å². The molecule has 0 spiro atoms. The predicted octanol–water partition coefficient (Wildman–Crippen LogP) is 13.2. The Balaban J connectivity index is 1.13. The van der Waals surface area contributed by atoms with Gasteiger partial charge in [-0.25, -0.2) is 0 Å². The van der Waals surface area contributed by atoms with Gasteiger partial charge < -0.3 is 9.47 Å². The maximum atomic E-state index is 4.21. The van der Waals surface area contributed by atoms with E-state index >= 15 is 0 Å². The number of hydrogen-bond donors (Lipinski definition) is 0. The molecule has 2 nitrogen and oxygen atoms in total. The van der Waals surface area contributed by atoms with Crippen molar-refractivity contribution in [3.63, 3.8) is 0 Å². The minimum atomic E-state index is 1.11. The zero-order chi connectivity index (χ0) is 34.0. The molecular formula is C48H38N2. The first-order valence-electron chi connectivity index (χ1n) is 17.1. The molecule has 8 rings (SSSR count). The molecule has 0 fully saturated rings. The van der Waals surface area contributed by atoms with Crippen molar-refractivity contribution in [2.24, 2.45) is 7.05 Å². The van der Waals surface area contributed by atoms with Crippen LogP contribution in [0.1, 0.15) is 23.7 Å². The number of benzene rings is 7. The third-order valence-corrected chi connectivity index (χ3v) is 9.74. The van der Waals surface area contributed by atoms with Gasteiger partial charge in [-0.2, -0.15) is 0 Å². The summed E-state index contributed by atoms with van der Waals surface area (Å²) in [5.41, 5.74) is 14.1. The molecule has 50 heavy (non-hydrogen) atoms. The lowest BCUT2D eigenvalue weighted by atomic mass is 9.92. The minimum Gasteiger partial charge on any atom is -0.344 e. The van der Waals surface area contributed by atoms with Crippen LogP contribution in [0.25, 0.3) is 55.6 Å². The van der Waals surface area contributed by atoms with E-state index in [2.05, 4.69) is 206 Å². The van der Waals surface area contributed by atoms with Crippen LogP contribution in [0.3, 0.4) is 0 Å².